The van der Waals surface area contributed by atoms with Crippen LogP contribution in [0, 0.1) is 11.3 Å². The number of hydrogen-bond donors (Lipinski definition) is 0. The molecule has 1 aliphatic carbocycles. The molecule has 0 aliphatic heterocycles. The summed E-state index contributed by atoms with van der Waals surface area (Å²) in [5.74, 6) is -0.356. The topological polar surface area (TPSA) is 63.0 Å². The second kappa shape index (κ2) is 5.66. The summed E-state index contributed by atoms with van der Waals surface area (Å²) in [7, 11) is 0. The average molecular weight is 298 g/mol. The Bertz CT molecular complexity index is 743. The Morgan fingerprint density at radius 3 is 3.10 bits per heavy atom. The molecular formula is C16H14N2O2S. The molecule has 0 radical (unpaired) electrons. The molecule has 0 N–H and O–H groups in total. The fraction of sp³-hybridized carbons (Fsp3) is 0.312. The molecule has 0 amide bonds. The number of rotatable bonds is 2. The smallest absolute Gasteiger partial charge is 0.367 e. The van der Waals surface area contributed by atoms with Crippen molar-refractivity contribution in [1.82, 2.24) is 4.98 Å². The average Bonchev–Trinajstić information content (AvgIpc) is 2.84. The van der Waals surface area contributed by atoms with Gasteiger partial charge in [0.1, 0.15) is 0 Å². The summed E-state index contributed by atoms with van der Waals surface area (Å²) < 4.78 is 5.03. The molecule has 0 unspecified atom stereocenters. The zero-order valence-corrected chi connectivity index (χ0v) is 12.5. The Balaban J connectivity index is 2.07. The molecule has 0 atom stereocenters. The van der Waals surface area contributed by atoms with Gasteiger partial charge in [-0.1, -0.05) is 6.07 Å². The van der Waals surface area contributed by atoms with Gasteiger partial charge < -0.3 is 4.74 Å². The molecule has 2 aromatic rings. The Morgan fingerprint density at radius 1 is 1.48 bits per heavy atom. The van der Waals surface area contributed by atoms with Crippen molar-refractivity contribution in [3.8, 4) is 16.5 Å². The van der Waals surface area contributed by atoms with Crippen LogP contribution < -0.4 is 0 Å². The lowest BCUT2D eigenvalue weighted by atomic mass is 10.0. The number of nitriles is 1. The first-order valence-corrected chi connectivity index (χ1v) is 7.74. The van der Waals surface area contributed by atoms with E-state index in [0.29, 0.717) is 17.2 Å². The normalized spacial score (nSPS) is 12.8. The lowest BCUT2D eigenvalue weighted by molar-refractivity contribution is 0.0525. The van der Waals surface area contributed by atoms with Crippen LogP contribution in [-0.4, -0.2) is 17.6 Å². The summed E-state index contributed by atoms with van der Waals surface area (Å²) in [6, 6.07) is 7.89. The van der Waals surface area contributed by atoms with E-state index in [0.717, 1.165) is 41.0 Å². The number of nitrogens with zero attached hydrogens (tertiary/aromatic N) is 2. The van der Waals surface area contributed by atoms with Crippen molar-refractivity contribution in [2.75, 3.05) is 6.61 Å². The van der Waals surface area contributed by atoms with Gasteiger partial charge in [0, 0.05) is 0 Å². The molecule has 0 saturated carbocycles. The minimum Gasteiger partial charge on any atom is -0.461 e. The van der Waals surface area contributed by atoms with E-state index in [1.807, 2.05) is 18.2 Å². The van der Waals surface area contributed by atoms with Gasteiger partial charge in [-0.2, -0.15) is 5.26 Å². The fourth-order valence-corrected chi connectivity index (χ4v) is 3.62. The SMILES string of the molecule is CCOC(=O)c1nc2c(s1)-c1ccc(C#N)cc1CCC2. The van der Waals surface area contributed by atoms with Crippen molar-refractivity contribution in [2.24, 2.45) is 0 Å². The van der Waals surface area contributed by atoms with Crippen molar-refractivity contribution in [3.63, 3.8) is 0 Å². The maximum absolute atomic E-state index is 11.8. The van der Waals surface area contributed by atoms with E-state index < -0.39 is 0 Å². The molecule has 1 aromatic heterocycles. The van der Waals surface area contributed by atoms with Gasteiger partial charge in [-0.05, 0) is 49.4 Å². The van der Waals surface area contributed by atoms with E-state index in [-0.39, 0.29) is 5.97 Å². The van der Waals surface area contributed by atoms with Crippen LogP contribution in [0.5, 0.6) is 0 Å². The van der Waals surface area contributed by atoms with E-state index in [9.17, 15) is 4.79 Å². The number of carbonyl (C=O) groups excluding carboxylic acids is 1. The van der Waals surface area contributed by atoms with E-state index in [4.69, 9.17) is 10.00 Å². The zero-order valence-electron chi connectivity index (χ0n) is 11.7. The van der Waals surface area contributed by atoms with Crippen molar-refractivity contribution in [3.05, 3.63) is 40.0 Å². The Kier molecular flexibility index (Phi) is 3.72. The largest absolute Gasteiger partial charge is 0.461 e. The minimum absolute atomic E-state index is 0.352. The number of carbonyl (C=O) groups is 1. The molecule has 0 fully saturated rings. The number of ether oxygens (including phenoxy) is 1. The molecule has 0 spiro atoms. The second-order valence-electron chi connectivity index (χ2n) is 4.85. The maximum Gasteiger partial charge on any atom is 0.367 e. The van der Waals surface area contributed by atoms with Gasteiger partial charge in [0.2, 0.25) is 5.01 Å². The van der Waals surface area contributed by atoms with Crippen LogP contribution in [-0.2, 0) is 17.6 Å². The lowest BCUT2D eigenvalue weighted by Crippen LogP contribution is -2.04. The standard InChI is InChI=1S/C16H14N2O2S/c1-2-20-16(19)15-18-13-5-3-4-11-8-10(9-17)6-7-12(11)14(13)21-15/h6-8H,2-5H2,1H3. The number of aryl methyl sites for hydroxylation is 2. The highest BCUT2D eigenvalue weighted by atomic mass is 32.1. The highest BCUT2D eigenvalue weighted by Crippen LogP contribution is 2.37. The Labute approximate surface area is 127 Å². The monoisotopic (exact) mass is 298 g/mol. The molecule has 106 valence electrons. The van der Waals surface area contributed by atoms with Crippen LogP contribution >= 0.6 is 11.3 Å². The predicted molar refractivity (Wildman–Crippen MR) is 80.2 cm³/mol. The van der Waals surface area contributed by atoms with Gasteiger partial charge >= 0.3 is 5.97 Å². The predicted octanol–water partition coefficient (Wildman–Crippen LogP) is 3.35. The molecule has 5 heteroatoms. The number of esters is 1. The van der Waals surface area contributed by atoms with Crippen molar-refractivity contribution < 1.29 is 9.53 Å². The fourth-order valence-electron chi connectivity index (χ4n) is 2.55. The number of benzene rings is 1. The first kappa shape index (κ1) is 13.8. The molecule has 3 rings (SSSR count). The van der Waals surface area contributed by atoms with E-state index >= 15 is 0 Å². The van der Waals surface area contributed by atoms with E-state index in [1.165, 1.54) is 11.3 Å². The molecule has 0 saturated heterocycles. The number of aromatic nitrogens is 1. The number of hydrogen-bond acceptors (Lipinski definition) is 5. The maximum atomic E-state index is 11.8. The molecule has 0 bridgehead atoms. The third-order valence-corrected chi connectivity index (χ3v) is 4.60. The molecule has 1 heterocycles. The van der Waals surface area contributed by atoms with Gasteiger partial charge in [0.15, 0.2) is 0 Å². The summed E-state index contributed by atoms with van der Waals surface area (Å²) in [5.41, 5.74) is 3.89. The summed E-state index contributed by atoms with van der Waals surface area (Å²) in [6.07, 6.45) is 2.76. The van der Waals surface area contributed by atoms with Crippen LogP contribution in [0.15, 0.2) is 18.2 Å². The van der Waals surface area contributed by atoms with Gasteiger partial charge in [0.05, 0.1) is 28.8 Å². The first-order chi connectivity index (χ1) is 10.2. The lowest BCUT2D eigenvalue weighted by Gasteiger charge is -2.05. The Hall–Kier alpha value is -2.19. The van der Waals surface area contributed by atoms with Gasteiger partial charge in [-0.25, -0.2) is 9.78 Å². The van der Waals surface area contributed by atoms with Crippen LogP contribution in [0.4, 0.5) is 0 Å². The van der Waals surface area contributed by atoms with Crippen LogP contribution in [0.1, 0.15) is 40.0 Å². The van der Waals surface area contributed by atoms with Gasteiger partial charge in [-0.3, -0.25) is 0 Å². The summed E-state index contributed by atoms with van der Waals surface area (Å²) in [5, 5.41) is 9.44. The van der Waals surface area contributed by atoms with Crippen molar-refractivity contribution in [2.45, 2.75) is 26.2 Å². The van der Waals surface area contributed by atoms with Crippen LogP contribution in [0.2, 0.25) is 0 Å². The molecule has 1 aliphatic rings. The third-order valence-electron chi connectivity index (χ3n) is 3.49. The third kappa shape index (κ3) is 2.55. The highest BCUT2D eigenvalue weighted by molar-refractivity contribution is 7.17. The van der Waals surface area contributed by atoms with Crippen LogP contribution in [0.25, 0.3) is 10.4 Å². The molecule has 4 nitrogen and oxygen atoms in total. The summed E-state index contributed by atoms with van der Waals surface area (Å²) >= 11 is 1.38. The van der Waals surface area contributed by atoms with Gasteiger partial charge in [-0.15, -0.1) is 11.3 Å². The zero-order chi connectivity index (χ0) is 14.8. The van der Waals surface area contributed by atoms with E-state index in [1.54, 1.807) is 6.92 Å². The van der Waals surface area contributed by atoms with Gasteiger partial charge in [0.25, 0.3) is 0 Å². The number of thiazole rings is 1. The van der Waals surface area contributed by atoms with Crippen molar-refractivity contribution >= 4 is 17.3 Å². The molecule has 1 aromatic carbocycles. The van der Waals surface area contributed by atoms with E-state index in [2.05, 4.69) is 11.1 Å². The number of fused-ring (bicyclic) bond motifs is 3. The highest BCUT2D eigenvalue weighted by Gasteiger charge is 2.22. The van der Waals surface area contributed by atoms with Crippen LogP contribution in [0.3, 0.4) is 0 Å². The first-order valence-electron chi connectivity index (χ1n) is 6.93. The Morgan fingerprint density at radius 2 is 2.33 bits per heavy atom. The summed E-state index contributed by atoms with van der Waals surface area (Å²) in [4.78, 5) is 17.3. The molecule has 21 heavy (non-hydrogen) atoms. The quantitative estimate of drug-likeness (QED) is 0.798. The second-order valence-corrected chi connectivity index (χ2v) is 5.85. The molecular weight excluding hydrogens is 284 g/mol. The minimum atomic E-state index is -0.356. The van der Waals surface area contributed by atoms with Crippen molar-refractivity contribution in [1.29, 1.82) is 5.26 Å². The summed E-state index contributed by atoms with van der Waals surface area (Å²) in [6.45, 7) is 2.14.